The third-order valence-corrected chi connectivity index (χ3v) is 3.08. The summed E-state index contributed by atoms with van der Waals surface area (Å²) < 4.78 is 19.1. The average Bonchev–Trinajstić information content (AvgIpc) is 2.34. The Hall–Kier alpha value is -0.970. The highest BCUT2D eigenvalue weighted by Crippen LogP contribution is 2.14. The number of ether oxygens (including phenoxy) is 1. The van der Waals surface area contributed by atoms with Crippen LogP contribution in [-0.4, -0.2) is 37.2 Å². The summed E-state index contributed by atoms with van der Waals surface area (Å²) in [6.07, 6.45) is 0.0802. The van der Waals surface area contributed by atoms with E-state index < -0.39 is 0 Å². The van der Waals surface area contributed by atoms with E-state index in [1.165, 1.54) is 6.07 Å². The molecule has 0 amide bonds. The first-order valence-electron chi connectivity index (χ1n) is 5.98. The lowest BCUT2D eigenvalue weighted by atomic mass is 10.1. The van der Waals surface area contributed by atoms with E-state index in [4.69, 9.17) is 10.5 Å². The first-order valence-corrected chi connectivity index (χ1v) is 5.98. The van der Waals surface area contributed by atoms with E-state index in [2.05, 4.69) is 4.90 Å². The van der Waals surface area contributed by atoms with E-state index in [0.29, 0.717) is 19.7 Å². The molecule has 1 aromatic rings. The van der Waals surface area contributed by atoms with Gasteiger partial charge in [-0.2, -0.15) is 0 Å². The van der Waals surface area contributed by atoms with Crippen molar-refractivity contribution in [1.82, 2.24) is 4.90 Å². The van der Waals surface area contributed by atoms with Gasteiger partial charge in [-0.25, -0.2) is 4.39 Å². The molecule has 2 N–H and O–H groups in total. The van der Waals surface area contributed by atoms with Crippen LogP contribution in [-0.2, 0) is 11.3 Å². The molecule has 1 aliphatic heterocycles. The van der Waals surface area contributed by atoms with E-state index in [9.17, 15) is 4.39 Å². The second kappa shape index (κ2) is 5.58. The molecule has 0 radical (unpaired) electrons. The van der Waals surface area contributed by atoms with Crippen LogP contribution in [0.15, 0.2) is 18.2 Å². The zero-order chi connectivity index (χ0) is 12.3. The van der Waals surface area contributed by atoms with Gasteiger partial charge >= 0.3 is 0 Å². The highest BCUT2D eigenvalue weighted by Gasteiger charge is 2.19. The van der Waals surface area contributed by atoms with Gasteiger partial charge in [0.15, 0.2) is 0 Å². The Morgan fingerprint density at radius 3 is 3.12 bits per heavy atom. The lowest BCUT2D eigenvalue weighted by molar-refractivity contribution is -0.0263. The number of hydrogen-bond donors (Lipinski definition) is 1. The summed E-state index contributed by atoms with van der Waals surface area (Å²) in [5.41, 5.74) is 7.43. The van der Waals surface area contributed by atoms with Crippen molar-refractivity contribution < 1.29 is 9.13 Å². The van der Waals surface area contributed by atoms with E-state index in [1.807, 2.05) is 13.0 Å². The van der Waals surface area contributed by atoms with Crippen LogP contribution in [0.3, 0.4) is 0 Å². The molecule has 0 aliphatic carbocycles. The van der Waals surface area contributed by atoms with Gasteiger partial charge in [0, 0.05) is 31.7 Å². The molecule has 0 saturated carbocycles. The second-order valence-electron chi connectivity index (χ2n) is 4.56. The Kier molecular flexibility index (Phi) is 4.10. The third-order valence-electron chi connectivity index (χ3n) is 3.08. The summed E-state index contributed by atoms with van der Waals surface area (Å²) in [6, 6.07) is 5.23. The lowest BCUT2D eigenvalue weighted by Gasteiger charge is -2.32. The molecule has 4 heteroatoms. The van der Waals surface area contributed by atoms with Crippen molar-refractivity contribution in [1.29, 1.82) is 0 Å². The maximum absolute atomic E-state index is 13.6. The number of rotatable bonds is 3. The fourth-order valence-electron chi connectivity index (χ4n) is 2.13. The highest BCUT2D eigenvalue weighted by atomic mass is 19.1. The van der Waals surface area contributed by atoms with Gasteiger partial charge in [-0.15, -0.1) is 0 Å². The Labute approximate surface area is 101 Å². The molecule has 1 saturated heterocycles. The molecule has 1 fully saturated rings. The van der Waals surface area contributed by atoms with Crippen LogP contribution in [0.4, 0.5) is 4.39 Å². The molecule has 0 aromatic heterocycles. The van der Waals surface area contributed by atoms with Crippen molar-refractivity contribution in [2.24, 2.45) is 5.73 Å². The summed E-state index contributed by atoms with van der Waals surface area (Å²) in [7, 11) is 0. The van der Waals surface area contributed by atoms with Crippen LogP contribution in [0.2, 0.25) is 0 Å². The topological polar surface area (TPSA) is 38.5 Å². The van der Waals surface area contributed by atoms with E-state index >= 15 is 0 Å². The number of hydrogen-bond acceptors (Lipinski definition) is 3. The van der Waals surface area contributed by atoms with Crippen molar-refractivity contribution in [2.75, 3.05) is 26.2 Å². The smallest absolute Gasteiger partial charge is 0.127 e. The molecule has 0 spiro atoms. The molecule has 1 unspecified atom stereocenters. The molecule has 1 aliphatic rings. The van der Waals surface area contributed by atoms with Gasteiger partial charge in [0.1, 0.15) is 5.82 Å². The van der Waals surface area contributed by atoms with E-state index in [1.54, 1.807) is 6.07 Å². The summed E-state index contributed by atoms with van der Waals surface area (Å²) in [6.45, 7) is 5.42. The average molecular weight is 238 g/mol. The van der Waals surface area contributed by atoms with Crippen LogP contribution < -0.4 is 5.73 Å². The summed E-state index contributed by atoms with van der Waals surface area (Å²) >= 11 is 0. The van der Waals surface area contributed by atoms with Gasteiger partial charge in [0.2, 0.25) is 0 Å². The maximum atomic E-state index is 13.6. The Morgan fingerprint density at radius 2 is 2.35 bits per heavy atom. The molecule has 2 rings (SSSR count). The molecule has 0 bridgehead atoms. The lowest BCUT2D eigenvalue weighted by Crippen LogP contribution is -2.45. The number of nitrogens with zero attached hydrogens (tertiary/aromatic N) is 1. The van der Waals surface area contributed by atoms with Crippen LogP contribution in [0.25, 0.3) is 0 Å². The van der Waals surface area contributed by atoms with Crippen LogP contribution in [0.5, 0.6) is 0 Å². The minimum absolute atomic E-state index is 0.0802. The van der Waals surface area contributed by atoms with Crippen molar-refractivity contribution in [3.63, 3.8) is 0 Å². The van der Waals surface area contributed by atoms with Crippen LogP contribution >= 0.6 is 0 Å². The van der Waals surface area contributed by atoms with Crippen LogP contribution in [0.1, 0.15) is 11.1 Å². The van der Waals surface area contributed by atoms with Crippen molar-refractivity contribution in [3.8, 4) is 0 Å². The molecule has 3 nitrogen and oxygen atoms in total. The van der Waals surface area contributed by atoms with Crippen molar-refractivity contribution in [2.45, 2.75) is 19.6 Å². The fourth-order valence-corrected chi connectivity index (χ4v) is 2.13. The van der Waals surface area contributed by atoms with Gasteiger partial charge in [-0.05, 0) is 13.0 Å². The standard InChI is InChI=1S/C13H19FN2O/c1-10-2-3-13(14)11(6-10)8-16-4-5-17-12(7-15)9-16/h2-3,6,12H,4-5,7-9,15H2,1H3. The normalized spacial score (nSPS) is 21.7. The quantitative estimate of drug-likeness (QED) is 0.862. The molecular weight excluding hydrogens is 219 g/mol. The number of halogens is 1. The number of benzene rings is 1. The predicted octanol–water partition coefficient (Wildman–Crippen LogP) is 1.29. The predicted molar refractivity (Wildman–Crippen MR) is 65.2 cm³/mol. The first kappa shape index (κ1) is 12.5. The zero-order valence-corrected chi connectivity index (χ0v) is 10.2. The van der Waals surface area contributed by atoms with E-state index in [0.717, 1.165) is 24.2 Å². The minimum atomic E-state index is -0.133. The van der Waals surface area contributed by atoms with Crippen LogP contribution in [0, 0.1) is 12.7 Å². The molecule has 17 heavy (non-hydrogen) atoms. The number of aryl methyl sites for hydroxylation is 1. The maximum Gasteiger partial charge on any atom is 0.127 e. The van der Waals surface area contributed by atoms with Crippen molar-refractivity contribution >= 4 is 0 Å². The molecule has 1 aromatic carbocycles. The van der Waals surface area contributed by atoms with Gasteiger partial charge in [0.25, 0.3) is 0 Å². The Balaban J connectivity index is 2.02. The Morgan fingerprint density at radius 1 is 1.53 bits per heavy atom. The summed E-state index contributed by atoms with van der Waals surface area (Å²) in [4.78, 5) is 2.19. The highest BCUT2D eigenvalue weighted by molar-refractivity contribution is 5.24. The number of morpholine rings is 1. The van der Waals surface area contributed by atoms with Gasteiger partial charge in [-0.1, -0.05) is 17.7 Å². The zero-order valence-electron chi connectivity index (χ0n) is 10.2. The van der Waals surface area contributed by atoms with Crippen molar-refractivity contribution in [3.05, 3.63) is 35.1 Å². The molecule has 1 atom stereocenters. The Bertz CT molecular complexity index is 384. The minimum Gasteiger partial charge on any atom is -0.374 e. The largest absolute Gasteiger partial charge is 0.374 e. The molecule has 1 heterocycles. The summed E-state index contributed by atoms with van der Waals surface area (Å²) in [5.74, 6) is -0.133. The second-order valence-corrected chi connectivity index (χ2v) is 4.56. The fraction of sp³-hybridized carbons (Fsp3) is 0.538. The monoisotopic (exact) mass is 238 g/mol. The number of nitrogens with two attached hydrogens (primary N) is 1. The SMILES string of the molecule is Cc1ccc(F)c(CN2CCOC(CN)C2)c1. The first-order chi connectivity index (χ1) is 8.19. The van der Waals surface area contributed by atoms with E-state index in [-0.39, 0.29) is 11.9 Å². The molecule has 94 valence electrons. The third kappa shape index (κ3) is 3.25. The van der Waals surface area contributed by atoms with Gasteiger partial charge in [-0.3, -0.25) is 4.90 Å². The van der Waals surface area contributed by atoms with Gasteiger partial charge in [0.05, 0.1) is 12.7 Å². The van der Waals surface area contributed by atoms with Gasteiger partial charge < -0.3 is 10.5 Å². The summed E-state index contributed by atoms with van der Waals surface area (Å²) in [5, 5.41) is 0. The molecular formula is C13H19FN2O.